The zero-order chi connectivity index (χ0) is 11.5. The predicted molar refractivity (Wildman–Crippen MR) is 63.4 cm³/mol. The van der Waals surface area contributed by atoms with Crippen LogP contribution in [0.2, 0.25) is 0 Å². The topological polar surface area (TPSA) is 54.1 Å². The molecule has 0 saturated carbocycles. The molecule has 0 amide bonds. The molecule has 0 bridgehead atoms. The number of esters is 1. The van der Waals surface area contributed by atoms with Gasteiger partial charge in [0.25, 0.3) is 0 Å². The van der Waals surface area contributed by atoms with E-state index in [2.05, 4.69) is 15.0 Å². The smallest absolute Gasteiger partial charge is 0.327 e. The highest BCUT2D eigenvalue weighted by atomic mass is 16.5. The van der Waals surface area contributed by atoms with Crippen LogP contribution in [0.15, 0.2) is 30.5 Å². The number of hydrogen-bond acceptors (Lipinski definition) is 3. The van der Waals surface area contributed by atoms with E-state index in [1.54, 1.807) is 6.92 Å². The van der Waals surface area contributed by atoms with Gasteiger partial charge in [-0.1, -0.05) is 0 Å². The average molecular weight is 218 g/mol. The largest absolute Gasteiger partial charge is 0.467 e. The van der Waals surface area contributed by atoms with Crippen LogP contribution in [0.5, 0.6) is 0 Å². The second-order valence-corrected chi connectivity index (χ2v) is 3.67. The third kappa shape index (κ3) is 2.00. The molecule has 0 fully saturated rings. The Kier molecular flexibility index (Phi) is 2.81. The van der Waals surface area contributed by atoms with Crippen molar-refractivity contribution < 1.29 is 9.53 Å². The summed E-state index contributed by atoms with van der Waals surface area (Å²) in [5.74, 6) is -0.269. The molecule has 1 aromatic carbocycles. The summed E-state index contributed by atoms with van der Waals surface area (Å²) in [7, 11) is 1.38. The zero-order valence-electron chi connectivity index (χ0n) is 9.28. The number of H-pyrrole nitrogens is 1. The van der Waals surface area contributed by atoms with Crippen LogP contribution in [0.1, 0.15) is 6.92 Å². The highest BCUT2D eigenvalue weighted by Crippen LogP contribution is 2.18. The van der Waals surface area contributed by atoms with Gasteiger partial charge in [0.05, 0.1) is 7.11 Å². The van der Waals surface area contributed by atoms with Crippen molar-refractivity contribution >= 4 is 22.6 Å². The van der Waals surface area contributed by atoms with Crippen molar-refractivity contribution in [2.24, 2.45) is 0 Å². The van der Waals surface area contributed by atoms with Gasteiger partial charge in [-0.3, -0.25) is 0 Å². The number of ether oxygens (including phenoxy) is 1. The number of aromatic amines is 1. The normalized spacial score (nSPS) is 12.4. The standard InChI is InChI=1S/C12H14N2O2/c1-8(12(15)16-2)14-10-3-4-11-9(7-10)5-6-13-11/h3-8,13-14H,1-2H3. The SMILES string of the molecule is COC(=O)C(C)Nc1ccc2[nH]ccc2c1. The van der Waals surface area contributed by atoms with Gasteiger partial charge in [0.2, 0.25) is 0 Å². The van der Waals surface area contributed by atoms with Crippen molar-refractivity contribution in [2.45, 2.75) is 13.0 Å². The summed E-state index contributed by atoms with van der Waals surface area (Å²) in [6.07, 6.45) is 1.89. The maximum Gasteiger partial charge on any atom is 0.327 e. The Morgan fingerprint density at radius 1 is 1.44 bits per heavy atom. The van der Waals surface area contributed by atoms with E-state index < -0.39 is 0 Å². The Hall–Kier alpha value is -1.97. The van der Waals surface area contributed by atoms with E-state index in [4.69, 9.17) is 0 Å². The van der Waals surface area contributed by atoms with E-state index in [0.29, 0.717) is 0 Å². The van der Waals surface area contributed by atoms with Crippen molar-refractivity contribution in [1.82, 2.24) is 4.98 Å². The molecular weight excluding hydrogens is 204 g/mol. The Labute approximate surface area is 93.6 Å². The van der Waals surface area contributed by atoms with Gasteiger partial charge in [-0.05, 0) is 31.2 Å². The lowest BCUT2D eigenvalue weighted by molar-refractivity contribution is -0.141. The molecule has 0 saturated heterocycles. The first-order valence-corrected chi connectivity index (χ1v) is 5.12. The third-order valence-electron chi connectivity index (χ3n) is 2.49. The van der Waals surface area contributed by atoms with Crippen LogP contribution in [-0.4, -0.2) is 24.1 Å². The number of anilines is 1. The number of aromatic nitrogens is 1. The predicted octanol–water partition coefficient (Wildman–Crippen LogP) is 2.14. The Balaban J connectivity index is 2.17. The number of benzene rings is 1. The molecule has 2 aromatic rings. The minimum Gasteiger partial charge on any atom is -0.467 e. The van der Waals surface area contributed by atoms with Gasteiger partial charge >= 0.3 is 5.97 Å². The summed E-state index contributed by atoms with van der Waals surface area (Å²) >= 11 is 0. The molecule has 4 heteroatoms. The van der Waals surface area contributed by atoms with Gasteiger partial charge in [-0.15, -0.1) is 0 Å². The van der Waals surface area contributed by atoms with Gasteiger partial charge in [0.1, 0.15) is 6.04 Å². The van der Waals surface area contributed by atoms with Gasteiger partial charge in [-0.25, -0.2) is 4.79 Å². The molecule has 0 spiro atoms. The number of rotatable bonds is 3. The Morgan fingerprint density at radius 2 is 2.25 bits per heavy atom. The van der Waals surface area contributed by atoms with E-state index in [-0.39, 0.29) is 12.0 Å². The zero-order valence-corrected chi connectivity index (χ0v) is 9.28. The van der Waals surface area contributed by atoms with Crippen LogP contribution in [0.25, 0.3) is 10.9 Å². The van der Waals surface area contributed by atoms with E-state index in [1.165, 1.54) is 7.11 Å². The Bertz CT molecular complexity index is 504. The van der Waals surface area contributed by atoms with Crippen LogP contribution in [0.4, 0.5) is 5.69 Å². The summed E-state index contributed by atoms with van der Waals surface area (Å²) in [5, 5.41) is 4.20. The van der Waals surface area contributed by atoms with Crippen LogP contribution < -0.4 is 5.32 Å². The monoisotopic (exact) mass is 218 g/mol. The second kappa shape index (κ2) is 4.26. The minimum atomic E-state index is -0.346. The molecule has 0 radical (unpaired) electrons. The quantitative estimate of drug-likeness (QED) is 0.776. The van der Waals surface area contributed by atoms with Crippen molar-refractivity contribution in [3.63, 3.8) is 0 Å². The molecular formula is C12H14N2O2. The third-order valence-corrected chi connectivity index (χ3v) is 2.49. The number of carbonyl (C=O) groups excluding carboxylic acids is 1. The van der Waals surface area contributed by atoms with Crippen molar-refractivity contribution in [3.05, 3.63) is 30.5 Å². The highest BCUT2D eigenvalue weighted by Gasteiger charge is 2.12. The lowest BCUT2D eigenvalue weighted by atomic mass is 10.2. The van der Waals surface area contributed by atoms with Crippen LogP contribution in [-0.2, 0) is 9.53 Å². The molecule has 84 valence electrons. The molecule has 1 atom stereocenters. The average Bonchev–Trinajstić information content (AvgIpc) is 2.75. The van der Waals surface area contributed by atoms with Crippen molar-refractivity contribution in [3.8, 4) is 0 Å². The fourth-order valence-electron chi connectivity index (χ4n) is 1.63. The van der Waals surface area contributed by atoms with Crippen molar-refractivity contribution in [2.75, 3.05) is 12.4 Å². The molecule has 4 nitrogen and oxygen atoms in total. The molecule has 2 N–H and O–H groups in total. The second-order valence-electron chi connectivity index (χ2n) is 3.67. The molecule has 16 heavy (non-hydrogen) atoms. The first kappa shape index (κ1) is 10.5. The van der Waals surface area contributed by atoms with Crippen LogP contribution >= 0.6 is 0 Å². The summed E-state index contributed by atoms with van der Waals surface area (Å²) in [5.41, 5.74) is 1.99. The molecule has 1 aromatic heterocycles. The van der Waals surface area contributed by atoms with E-state index in [9.17, 15) is 4.79 Å². The first-order chi connectivity index (χ1) is 7.70. The summed E-state index contributed by atoms with van der Waals surface area (Å²) < 4.78 is 4.65. The maximum absolute atomic E-state index is 11.2. The summed E-state index contributed by atoms with van der Waals surface area (Å²) in [6.45, 7) is 1.77. The lowest BCUT2D eigenvalue weighted by Crippen LogP contribution is -2.27. The number of carbonyl (C=O) groups is 1. The van der Waals surface area contributed by atoms with Gasteiger partial charge in [0.15, 0.2) is 0 Å². The fraction of sp³-hybridized carbons (Fsp3) is 0.250. The van der Waals surface area contributed by atoms with E-state index in [0.717, 1.165) is 16.6 Å². The lowest BCUT2D eigenvalue weighted by Gasteiger charge is -2.12. The number of nitrogens with one attached hydrogen (secondary N) is 2. The summed E-state index contributed by atoms with van der Waals surface area (Å²) in [4.78, 5) is 14.4. The molecule has 0 aliphatic carbocycles. The molecule has 0 aliphatic rings. The fourth-order valence-corrected chi connectivity index (χ4v) is 1.63. The molecule has 0 aliphatic heterocycles. The van der Waals surface area contributed by atoms with E-state index >= 15 is 0 Å². The van der Waals surface area contributed by atoms with Crippen molar-refractivity contribution in [1.29, 1.82) is 0 Å². The number of methoxy groups -OCH3 is 1. The number of fused-ring (bicyclic) bond motifs is 1. The van der Waals surface area contributed by atoms with Gasteiger partial charge in [0, 0.05) is 22.8 Å². The first-order valence-electron chi connectivity index (χ1n) is 5.12. The van der Waals surface area contributed by atoms with Gasteiger partial charge in [-0.2, -0.15) is 0 Å². The van der Waals surface area contributed by atoms with Gasteiger partial charge < -0.3 is 15.0 Å². The number of hydrogen-bond donors (Lipinski definition) is 2. The minimum absolute atomic E-state index is 0.269. The molecule has 1 unspecified atom stereocenters. The maximum atomic E-state index is 11.2. The van der Waals surface area contributed by atoms with E-state index in [1.807, 2.05) is 30.5 Å². The molecule has 1 heterocycles. The highest BCUT2D eigenvalue weighted by molar-refractivity contribution is 5.84. The summed E-state index contributed by atoms with van der Waals surface area (Å²) in [6, 6.07) is 7.54. The Morgan fingerprint density at radius 3 is 3.00 bits per heavy atom. The van der Waals surface area contributed by atoms with Crippen LogP contribution in [0.3, 0.4) is 0 Å². The molecule has 2 rings (SSSR count). The van der Waals surface area contributed by atoms with Crippen LogP contribution in [0, 0.1) is 0 Å².